The lowest BCUT2D eigenvalue weighted by molar-refractivity contribution is -0.386. The molecule has 1 aliphatic heterocycles. The minimum atomic E-state index is -4.08. The molecule has 0 saturated heterocycles. The maximum absolute atomic E-state index is 12.6. The predicted octanol–water partition coefficient (Wildman–Crippen LogP) is 2.94. The fourth-order valence-corrected chi connectivity index (χ4v) is 3.97. The Labute approximate surface area is 157 Å². The summed E-state index contributed by atoms with van der Waals surface area (Å²) >= 11 is 3.27. The van der Waals surface area contributed by atoms with Gasteiger partial charge in [0.15, 0.2) is 17.2 Å². The molecule has 2 aromatic rings. The lowest BCUT2D eigenvalue weighted by Crippen LogP contribution is -2.17. The summed E-state index contributed by atoms with van der Waals surface area (Å²) in [5.74, 6) is 0.860. The molecule has 1 N–H and O–H groups in total. The van der Waals surface area contributed by atoms with Crippen LogP contribution < -0.4 is 18.9 Å². The van der Waals surface area contributed by atoms with E-state index >= 15 is 0 Å². The van der Waals surface area contributed by atoms with Gasteiger partial charge >= 0.3 is 5.69 Å². The van der Waals surface area contributed by atoms with Crippen molar-refractivity contribution in [2.75, 3.05) is 25.0 Å². The zero-order chi connectivity index (χ0) is 18.9. The summed E-state index contributed by atoms with van der Waals surface area (Å²) in [6, 6.07) is 6.45. The van der Waals surface area contributed by atoms with Crippen LogP contribution in [0.15, 0.2) is 39.7 Å². The number of nitro benzene ring substituents is 1. The monoisotopic (exact) mass is 444 g/mol. The first kappa shape index (κ1) is 18.3. The Kier molecular flexibility index (Phi) is 4.92. The third-order valence-corrected chi connectivity index (χ3v) is 5.55. The molecule has 0 amide bonds. The number of rotatable bonds is 5. The van der Waals surface area contributed by atoms with Gasteiger partial charge in [-0.3, -0.25) is 14.8 Å². The number of benzene rings is 2. The summed E-state index contributed by atoms with van der Waals surface area (Å²) in [5, 5.41) is 11.1. The highest BCUT2D eigenvalue weighted by Crippen LogP contribution is 2.39. The van der Waals surface area contributed by atoms with Gasteiger partial charge in [-0.15, -0.1) is 0 Å². The van der Waals surface area contributed by atoms with Gasteiger partial charge in [0, 0.05) is 22.7 Å². The van der Waals surface area contributed by atoms with Crippen LogP contribution in [0.2, 0.25) is 0 Å². The highest BCUT2D eigenvalue weighted by molar-refractivity contribution is 9.10. The number of hydrogen-bond donors (Lipinski definition) is 1. The topological polar surface area (TPSA) is 117 Å². The molecule has 0 saturated carbocycles. The second-order valence-electron chi connectivity index (χ2n) is 5.17. The molecule has 0 atom stereocenters. The van der Waals surface area contributed by atoms with Crippen LogP contribution in [0.25, 0.3) is 0 Å². The molecule has 11 heteroatoms. The number of sulfonamides is 1. The lowest BCUT2D eigenvalue weighted by Gasteiger charge is -2.20. The van der Waals surface area contributed by atoms with Crippen LogP contribution in [-0.4, -0.2) is 33.7 Å². The Bertz CT molecular complexity index is 978. The SMILES string of the molecule is COc1ccc(S(=O)(=O)Nc2cc3c(cc2Br)OCCO3)cc1[N+](=O)[O-]. The van der Waals surface area contributed by atoms with Gasteiger partial charge in [-0.2, -0.15) is 0 Å². The molecule has 0 aliphatic carbocycles. The van der Waals surface area contributed by atoms with Gasteiger partial charge in [0.1, 0.15) is 13.2 Å². The van der Waals surface area contributed by atoms with E-state index in [1.165, 1.54) is 25.3 Å². The fraction of sp³-hybridized carbons (Fsp3) is 0.200. The van der Waals surface area contributed by atoms with E-state index in [0.717, 1.165) is 6.07 Å². The molecule has 26 heavy (non-hydrogen) atoms. The van der Waals surface area contributed by atoms with Crippen LogP contribution in [0, 0.1) is 10.1 Å². The van der Waals surface area contributed by atoms with Crippen molar-refractivity contribution in [2.24, 2.45) is 0 Å². The lowest BCUT2D eigenvalue weighted by atomic mass is 10.2. The first-order valence-electron chi connectivity index (χ1n) is 7.26. The highest BCUT2D eigenvalue weighted by Gasteiger charge is 2.24. The van der Waals surface area contributed by atoms with Gasteiger partial charge in [0.05, 0.1) is 22.6 Å². The van der Waals surface area contributed by atoms with Crippen LogP contribution in [0.5, 0.6) is 17.2 Å². The molecular weight excluding hydrogens is 432 g/mol. The first-order chi connectivity index (χ1) is 12.3. The minimum Gasteiger partial charge on any atom is -0.490 e. The smallest absolute Gasteiger partial charge is 0.312 e. The molecular formula is C15H13BrN2O7S. The average Bonchev–Trinajstić information content (AvgIpc) is 2.61. The molecule has 1 aliphatic rings. The summed E-state index contributed by atoms with van der Waals surface area (Å²) < 4.78 is 43.8. The second kappa shape index (κ2) is 7.00. The van der Waals surface area contributed by atoms with Gasteiger partial charge in [0.25, 0.3) is 10.0 Å². The van der Waals surface area contributed by atoms with Crippen molar-refractivity contribution in [3.63, 3.8) is 0 Å². The van der Waals surface area contributed by atoms with Gasteiger partial charge in [0.2, 0.25) is 0 Å². The zero-order valence-corrected chi connectivity index (χ0v) is 15.8. The van der Waals surface area contributed by atoms with Crippen molar-refractivity contribution < 1.29 is 27.6 Å². The molecule has 2 aromatic carbocycles. The molecule has 0 fully saturated rings. The van der Waals surface area contributed by atoms with Crippen LogP contribution >= 0.6 is 15.9 Å². The number of hydrogen-bond acceptors (Lipinski definition) is 7. The number of nitrogens with one attached hydrogen (secondary N) is 1. The van der Waals surface area contributed by atoms with Gasteiger partial charge in [-0.1, -0.05) is 0 Å². The number of anilines is 1. The van der Waals surface area contributed by atoms with E-state index in [1.807, 2.05) is 0 Å². The molecule has 138 valence electrons. The molecule has 0 spiro atoms. The van der Waals surface area contributed by atoms with Crippen molar-refractivity contribution in [2.45, 2.75) is 4.90 Å². The minimum absolute atomic E-state index is 0.0329. The van der Waals surface area contributed by atoms with Crippen LogP contribution in [-0.2, 0) is 10.0 Å². The average molecular weight is 445 g/mol. The highest BCUT2D eigenvalue weighted by atomic mass is 79.9. The van der Waals surface area contributed by atoms with Crippen LogP contribution in [0.4, 0.5) is 11.4 Å². The van der Waals surface area contributed by atoms with E-state index in [1.54, 1.807) is 6.07 Å². The van der Waals surface area contributed by atoms with Gasteiger partial charge in [-0.25, -0.2) is 8.42 Å². The summed E-state index contributed by atoms with van der Waals surface area (Å²) in [6.07, 6.45) is 0. The normalized spacial score (nSPS) is 13.2. The number of nitro groups is 1. The Morgan fingerprint density at radius 2 is 1.85 bits per heavy atom. The third kappa shape index (κ3) is 3.53. The van der Waals surface area contributed by atoms with Crippen molar-refractivity contribution >= 4 is 37.3 Å². The Hall–Kier alpha value is -2.53. The zero-order valence-electron chi connectivity index (χ0n) is 13.4. The van der Waals surface area contributed by atoms with E-state index < -0.39 is 20.6 Å². The van der Waals surface area contributed by atoms with Gasteiger partial charge in [-0.05, 0) is 28.1 Å². The summed E-state index contributed by atoms with van der Waals surface area (Å²) in [4.78, 5) is 10.1. The van der Waals surface area contributed by atoms with Crippen molar-refractivity contribution in [3.05, 3.63) is 44.9 Å². The maximum atomic E-state index is 12.6. The Morgan fingerprint density at radius 3 is 2.46 bits per heavy atom. The number of fused-ring (bicyclic) bond motifs is 1. The molecule has 3 rings (SSSR count). The van der Waals surface area contributed by atoms with Gasteiger partial charge < -0.3 is 14.2 Å². The van der Waals surface area contributed by atoms with E-state index in [0.29, 0.717) is 29.2 Å². The largest absolute Gasteiger partial charge is 0.490 e. The maximum Gasteiger partial charge on any atom is 0.312 e. The predicted molar refractivity (Wildman–Crippen MR) is 95.6 cm³/mol. The van der Waals surface area contributed by atoms with E-state index in [2.05, 4.69) is 20.7 Å². The molecule has 9 nitrogen and oxygen atoms in total. The summed E-state index contributed by atoms with van der Waals surface area (Å²) in [6.45, 7) is 0.755. The van der Waals surface area contributed by atoms with E-state index in [-0.39, 0.29) is 16.3 Å². The summed E-state index contributed by atoms with van der Waals surface area (Å²) in [7, 11) is -2.81. The number of nitrogens with zero attached hydrogens (tertiary/aromatic N) is 1. The molecule has 1 heterocycles. The number of methoxy groups -OCH3 is 1. The second-order valence-corrected chi connectivity index (χ2v) is 7.71. The fourth-order valence-electron chi connectivity index (χ4n) is 2.33. The van der Waals surface area contributed by atoms with Crippen molar-refractivity contribution in [3.8, 4) is 17.2 Å². The van der Waals surface area contributed by atoms with E-state index in [4.69, 9.17) is 14.2 Å². The van der Waals surface area contributed by atoms with Crippen molar-refractivity contribution in [1.29, 1.82) is 0 Å². The molecule has 0 radical (unpaired) electrons. The number of ether oxygens (including phenoxy) is 3. The third-order valence-electron chi connectivity index (χ3n) is 3.53. The number of halogens is 1. The Morgan fingerprint density at radius 1 is 1.19 bits per heavy atom. The standard InChI is InChI=1S/C15H13BrN2O7S/c1-23-13-3-2-9(6-12(13)18(19)20)26(21,22)17-11-8-15-14(7-10(11)16)24-4-5-25-15/h2-3,6-8,17H,4-5H2,1H3. The van der Waals surface area contributed by atoms with E-state index in [9.17, 15) is 18.5 Å². The van der Waals surface area contributed by atoms with Crippen LogP contribution in [0.3, 0.4) is 0 Å². The first-order valence-corrected chi connectivity index (χ1v) is 9.54. The van der Waals surface area contributed by atoms with Crippen molar-refractivity contribution in [1.82, 2.24) is 0 Å². The quantitative estimate of drug-likeness (QED) is 0.556. The Balaban J connectivity index is 1.97. The summed E-state index contributed by atoms with van der Waals surface area (Å²) in [5.41, 5.74) is -0.232. The molecule has 0 aromatic heterocycles. The van der Waals surface area contributed by atoms with Crippen LogP contribution in [0.1, 0.15) is 0 Å². The molecule has 0 unspecified atom stereocenters. The molecule has 0 bridgehead atoms.